The Balaban J connectivity index is 2.33. The topological polar surface area (TPSA) is 0 Å². The molecule has 0 spiro atoms. The summed E-state index contributed by atoms with van der Waals surface area (Å²) in [7, 11) is 0. The van der Waals surface area contributed by atoms with E-state index in [1.165, 1.54) is 19.3 Å². The lowest BCUT2D eigenvalue weighted by molar-refractivity contribution is 0.792. The molecule has 2 aliphatic rings. The van der Waals surface area contributed by atoms with Crippen LogP contribution in [0.2, 0.25) is 0 Å². The van der Waals surface area contributed by atoms with Crippen molar-refractivity contribution in [2.45, 2.75) is 26.2 Å². The molecule has 0 aromatic heterocycles. The molecular weight excluding hydrogens is 108 g/mol. The highest BCUT2D eigenvalue weighted by Gasteiger charge is 2.20. The van der Waals surface area contributed by atoms with Gasteiger partial charge in [0.15, 0.2) is 0 Å². The Kier molecular flexibility index (Phi) is 1.01. The summed E-state index contributed by atoms with van der Waals surface area (Å²) in [6.07, 6.45) is 8.75. The zero-order valence-electron chi connectivity index (χ0n) is 5.85. The number of hydrogen-bond donors (Lipinski definition) is 0. The monoisotopic (exact) mass is 120 g/mol. The van der Waals surface area contributed by atoms with Gasteiger partial charge in [-0.05, 0) is 30.8 Å². The van der Waals surface area contributed by atoms with Crippen LogP contribution in [-0.4, -0.2) is 0 Å². The summed E-state index contributed by atoms with van der Waals surface area (Å²) in [5.74, 6) is 0.766. The predicted molar refractivity (Wildman–Crippen MR) is 39.2 cm³/mol. The molecule has 1 atom stereocenters. The summed E-state index contributed by atoms with van der Waals surface area (Å²) in [5.41, 5.74) is 3.36. The predicted octanol–water partition coefficient (Wildman–Crippen LogP) is 2.67. The normalized spacial score (nSPS) is 31.9. The summed E-state index contributed by atoms with van der Waals surface area (Å²) in [6, 6.07) is 0. The zero-order valence-corrected chi connectivity index (χ0v) is 5.85. The van der Waals surface area contributed by atoms with Crippen LogP contribution < -0.4 is 0 Å². The van der Waals surface area contributed by atoms with Gasteiger partial charge in [-0.15, -0.1) is 0 Å². The first kappa shape index (κ1) is 5.28. The minimum atomic E-state index is 0.766. The van der Waals surface area contributed by atoms with Crippen molar-refractivity contribution < 1.29 is 0 Å². The van der Waals surface area contributed by atoms with E-state index < -0.39 is 0 Å². The van der Waals surface area contributed by atoms with Crippen molar-refractivity contribution >= 4 is 0 Å². The number of hydrogen-bond acceptors (Lipinski definition) is 0. The Bertz CT molecular complexity index is 184. The maximum atomic E-state index is 2.32. The second kappa shape index (κ2) is 1.73. The smallest absolute Gasteiger partial charge is 0.00426 e. The average molecular weight is 120 g/mol. The molecule has 0 saturated carbocycles. The van der Waals surface area contributed by atoms with E-state index in [0.717, 1.165) is 5.92 Å². The van der Waals surface area contributed by atoms with Crippen LogP contribution in [0, 0.1) is 5.92 Å². The Morgan fingerprint density at radius 3 is 3.11 bits per heavy atom. The Hall–Kier alpha value is -0.520. The van der Waals surface area contributed by atoms with Crippen molar-refractivity contribution in [3.05, 3.63) is 23.3 Å². The van der Waals surface area contributed by atoms with Crippen LogP contribution in [0.3, 0.4) is 0 Å². The molecule has 0 bridgehead atoms. The van der Waals surface area contributed by atoms with Crippen molar-refractivity contribution in [2.24, 2.45) is 5.92 Å². The lowest BCUT2D eigenvalue weighted by Crippen LogP contribution is -1.87. The first-order valence-corrected chi connectivity index (χ1v) is 3.78. The quantitative estimate of drug-likeness (QED) is 0.461. The van der Waals surface area contributed by atoms with Crippen molar-refractivity contribution in [3.8, 4) is 0 Å². The van der Waals surface area contributed by atoms with Gasteiger partial charge in [0.1, 0.15) is 0 Å². The number of allylic oxidation sites excluding steroid dienone is 4. The second-order valence-corrected chi connectivity index (χ2v) is 3.05. The molecule has 0 heterocycles. The average Bonchev–Trinajstić information content (AvgIpc) is 2.35. The highest BCUT2D eigenvalue weighted by molar-refractivity contribution is 5.39. The van der Waals surface area contributed by atoms with Crippen molar-refractivity contribution in [2.75, 3.05) is 0 Å². The van der Waals surface area contributed by atoms with E-state index >= 15 is 0 Å². The van der Waals surface area contributed by atoms with Crippen LogP contribution in [0.1, 0.15) is 26.2 Å². The third kappa shape index (κ3) is 0.658. The van der Waals surface area contributed by atoms with Crippen LogP contribution >= 0.6 is 0 Å². The van der Waals surface area contributed by atoms with Crippen LogP contribution in [0.5, 0.6) is 0 Å². The fraction of sp³-hybridized carbons (Fsp3) is 0.556. The van der Waals surface area contributed by atoms with Gasteiger partial charge in [0.2, 0.25) is 0 Å². The summed E-state index contributed by atoms with van der Waals surface area (Å²) in [4.78, 5) is 0. The minimum Gasteiger partial charge on any atom is -0.0773 e. The van der Waals surface area contributed by atoms with Crippen molar-refractivity contribution in [3.63, 3.8) is 0 Å². The summed E-state index contributed by atoms with van der Waals surface area (Å²) in [6.45, 7) is 2.30. The SMILES string of the molecule is CC1C=CC2=C1CCC2. The zero-order chi connectivity index (χ0) is 6.27. The van der Waals surface area contributed by atoms with Gasteiger partial charge in [-0.3, -0.25) is 0 Å². The van der Waals surface area contributed by atoms with Crippen LogP contribution in [0.25, 0.3) is 0 Å². The van der Waals surface area contributed by atoms with E-state index in [2.05, 4.69) is 19.1 Å². The third-order valence-corrected chi connectivity index (χ3v) is 2.44. The van der Waals surface area contributed by atoms with Crippen LogP contribution in [0.4, 0.5) is 0 Å². The van der Waals surface area contributed by atoms with Crippen molar-refractivity contribution in [1.82, 2.24) is 0 Å². The van der Waals surface area contributed by atoms with E-state index in [-0.39, 0.29) is 0 Å². The second-order valence-electron chi connectivity index (χ2n) is 3.05. The molecule has 0 N–H and O–H groups in total. The molecule has 1 unspecified atom stereocenters. The lowest BCUT2D eigenvalue weighted by Gasteiger charge is -2.01. The standard InChI is InChI=1S/C9H12/c1-7-5-6-8-3-2-4-9(7)8/h5-7H,2-4H2,1H3. The van der Waals surface area contributed by atoms with E-state index in [1.807, 2.05) is 0 Å². The van der Waals surface area contributed by atoms with E-state index in [9.17, 15) is 0 Å². The fourth-order valence-electron chi connectivity index (χ4n) is 1.88. The third-order valence-electron chi connectivity index (χ3n) is 2.44. The molecule has 0 nitrogen and oxygen atoms in total. The Morgan fingerprint density at radius 2 is 2.33 bits per heavy atom. The van der Waals surface area contributed by atoms with E-state index in [1.54, 1.807) is 11.1 Å². The molecule has 2 aliphatic carbocycles. The fourth-order valence-corrected chi connectivity index (χ4v) is 1.88. The maximum absolute atomic E-state index is 2.32. The van der Waals surface area contributed by atoms with Gasteiger partial charge < -0.3 is 0 Å². The molecule has 0 aromatic carbocycles. The largest absolute Gasteiger partial charge is 0.0773 e. The van der Waals surface area contributed by atoms with Crippen LogP contribution in [0.15, 0.2) is 23.3 Å². The van der Waals surface area contributed by atoms with E-state index in [4.69, 9.17) is 0 Å². The lowest BCUT2D eigenvalue weighted by atomic mass is 10.0. The van der Waals surface area contributed by atoms with Gasteiger partial charge >= 0.3 is 0 Å². The van der Waals surface area contributed by atoms with Gasteiger partial charge in [-0.25, -0.2) is 0 Å². The van der Waals surface area contributed by atoms with Gasteiger partial charge in [0, 0.05) is 0 Å². The molecule has 2 rings (SSSR count). The van der Waals surface area contributed by atoms with Gasteiger partial charge in [-0.2, -0.15) is 0 Å². The molecule has 9 heavy (non-hydrogen) atoms. The molecule has 0 heteroatoms. The molecule has 0 aromatic rings. The molecule has 0 aliphatic heterocycles. The Morgan fingerprint density at radius 1 is 1.44 bits per heavy atom. The maximum Gasteiger partial charge on any atom is -0.00426 e. The van der Waals surface area contributed by atoms with Gasteiger partial charge in [-0.1, -0.05) is 24.6 Å². The minimum absolute atomic E-state index is 0.766. The Labute approximate surface area is 56.3 Å². The molecule has 0 saturated heterocycles. The molecule has 0 fully saturated rings. The summed E-state index contributed by atoms with van der Waals surface area (Å²) in [5, 5.41) is 0. The molecule has 48 valence electrons. The first-order valence-electron chi connectivity index (χ1n) is 3.78. The van der Waals surface area contributed by atoms with Gasteiger partial charge in [0.05, 0.1) is 0 Å². The van der Waals surface area contributed by atoms with Crippen LogP contribution in [-0.2, 0) is 0 Å². The number of rotatable bonds is 0. The summed E-state index contributed by atoms with van der Waals surface area (Å²) < 4.78 is 0. The van der Waals surface area contributed by atoms with Gasteiger partial charge in [0.25, 0.3) is 0 Å². The molecular formula is C9H12. The molecule has 0 radical (unpaired) electrons. The highest BCUT2D eigenvalue weighted by atomic mass is 14.2. The van der Waals surface area contributed by atoms with Crippen molar-refractivity contribution in [1.29, 1.82) is 0 Å². The highest BCUT2D eigenvalue weighted by Crippen LogP contribution is 2.37. The molecule has 0 amide bonds. The summed E-state index contributed by atoms with van der Waals surface area (Å²) >= 11 is 0. The van der Waals surface area contributed by atoms with E-state index in [0.29, 0.717) is 0 Å². The first-order chi connectivity index (χ1) is 4.38.